The summed E-state index contributed by atoms with van der Waals surface area (Å²) in [6.45, 7) is 8.77. The van der Waals surface area contributed by atoms with Crippen LogP contribution in [0.5, 0.6) is 0 Å². The van der Waals surface area contributed by atoms with Gasteiger partial charge < -0.3 is 0 Å². The summed E-state index contributed by atoms with van der Waals surface area (Å²) < 4.78 is 0. The highest BCUT2D eigenvalue weighted by Gasteiger charge is 2.32. The molecule has 2 rings (SSSR count). The quantitative estimate of drug-likeness (QED) is 0.648. The van der Waals surface area contributed by atoms with Gasteiger partial charge in [0.15, 0.2) is 0 Å². The molecule has 0 aromatic heterocycles. The van der Waals surface area contributed by atoms with E-state index in [0.29, 0.717) is 0 Å². The Bertz CT molecular complexity index is 246. The third kappa shape index (κ3) is 2.21. The maximum absolute atomic E-state index is 2.21. The summed E-state index contributed by atoms with van der Waals surface area (Å²) in [6, 6.07) is 0. The summed E-state index contributed by atoms with van der Waals surface area (Å²) in [4.78, 5) is 0. The van der Waals surface area contributed by atoms with E-state index in [-0.39, 0.29) is 0 Å². The molecular weight excluding hydrogens is 192 g/mol. The molecule has 2 aliphatic carbocycles. The molecular formula is C16H18. The van der Waals surface area contributed by atoms with Crippen molar-refractivity contribution in [3.63, 3.8) is 0 Å². The van der Waals surface area contributed by atoms with Crippen molar-refractivity contribution in [1.29, 1.82) is 0 Å². The zero-order valence-electron chi connectivity index (χ0n) is 10.5. The van der Waals surface area contributed by atoms with Gasteiger partial charge in [-0.05, 0) is 64.2 Å². The van der Waals surface area contributed by atoms with Crippen LogP contribution >= 0.6 is 0 Å². The van der Waals surface area contributed by atoms with Crippen LogP contribution in [0.25, 0.3) is 0 Å². The van der Waals surface area contributed by atoms with E-state index in [1.54, 1.807) is 0 Å². The van der Waals surface area contributed by atoms with Gasteiger partial charge in [-0.25, -0.2) is 0 Å². The van der Waals surface area contributed by atoms with E-state index in [1.807, 2.05) is 0 Å². The predicted octanol–water partition coefficient (Wildman–Crippen LogP) is 3.91. The Balaban J connectivity index is 2.13. The van der Waals surface area contributed by atoms with Crippen LogP contribution in [0.2, 0.25) is 0 Å². The second-order valence-electron chi connectivity index (χ2n) is 4.49. The van der Waals surface area contributed by atoms with E-state index in [1.165, 1.54) is 34.8 Å². The molecule has 0 aromatic carbocycles. The van der Waals surface area contributed by atoms with Gasteiger partial charge in [-0.3, -0.25) is 0 Å². The van der Waals surface area contributed by atoms with Crippen molar-refractivity contribution in [2.45, 2.75) is 27.7 Å². The van der Waals surface area contributed by atoms with Crippen molar-refractivity contribution < 1.29 is 0 Å². The number of hydrogen-bond donors (Lipinski definition) is 0. The Kier molecular flexibility index (Phi) is 3.77. The van der Waals surface area contributed by atoms with Gasteiger partial charge in [0.1, 0.15) is 0 Å². The topological polar surface area (TPSA) is 0 Å². The van der Waals surface area contributed by atoms with Gasteiger partial charge in [0.25, 0.3) is 0 Å². The highest BCUT2D eigenvalue weighted by atomic mass is 14.4. The van der Waals surface area contributed by atoms with Gasteiger partial charge in [0, 0.05) is 11.8 Å². The molecule has 0 heterocycles. The van der Waals surface area contributed by atoms with Gasteiger partial charge >= 0.3 is 0 Å². The van der Waals surface area contributed by atoms with Crippen molar-refractivity contribution in [3.8, 4) is 0 Å². The lowest BCUT2D eigenvalue weighted by molar-refractivity contribution is 1.01. The summed E-state index contributed by atoms with van der Waals surface area (Å²) in [5.74, 6) is 5.47. The Hall–Kier alpha value is -0.260. The highest BCUT2D eigenvalue weighted by molar-refractivity contribution is 5.60. The van der Waals surface area contributed by atoms with E-state index in [4.69, 9.17) is 0 Å². The zero-order valence-corrected chi connectivity index (χ0v) is 10.5. The van der Waals surface area contributed by atoms with Gasteiger partial charge in [0.2, 0.25) is 0 Å². The molecule has 0 atom stereocenters. The van der Waals surface area contributed by atoms with Crippen molar-refractivity contribution in [1.82, 2.24) is 0 Å². The molecule has 0 amide bonds. The second-order valence-corrected chi connectivity index (χ2v) is 4.49. The van der Waals surface area contributed by atoms with Crippen LogP contribution in [-0.4, -0.2) is 0 Å². The first-order valence-electron chi connectivity index (χ1n) is 5.74. The summed E-state index contributed by atoms with van der Waals surface area (Å²) in [5, 5.41) is 0. The molecule has 2 saturated carbocycles. The number of allylic oxidation sites excluding steroid dienone is 2. The fourth-order valence-electron chi connectivity index (χ4n) is 2.27. The third-order valence-corrected chi connectivity index (χ3v) is 3.44. The predicted molar refractivity (Wildman–Crippen MR) is 68.5 cm³/mol. The highest BCUT2D eigenvalue weighted by Crippen LogP contribution is 2.44. The van der Waals surface area contributed by atoms with Gasteiger partial charge in [0.05, 0.1) is 0 Å². The van der Waals surface area contributed by atoms with Crippen LogP contribution in [0.1, 0.15) is 27.7 Å². The van der Waals surface area contributed by atoms with Crippen LogP contribution in [-0.2, 0) is 0 Å². The van der Waals surface area contributed by atoms with Crippen LogP contribution in [0.15, 0.2) is 11.1 Å². The Morgan fingerprint density at radius 2 is 1.06 bits per heavy atom. The van der Waals surface area contributed by atoms with E-state index in [0.717, 1.165) is 0 Å². The van der Waals surface area contributed by atoms with Crippen molar-refractivity contribution in [2.75, 3.05) is 0 Å². The van der Waals surface area contributed by atoms with Gasteiger partial charge in [-0.1, -0.05) is 25.0 Å². The van der Waals surface area contributed by atoms with Crippen LogP contribution in [0.4, 0.5) is 0 Å². The SMILES string of the molecule is C[C]1[CH][CH][CH][C]1/C(C)=C(\C)[C]1[CH][CH][CH][C]1C. The minimum Gasteiger partial charge on any atom is -0.0658 e. The van der Waals surface area contributed by atoms with Crippen molar-refractivity contribution in [3.05, 3.63) is 73.3 Å². The Morgan fingerprint density at radius 1 is 0.688 bits per heavy atom. The number of rotatable bonds is 2. The smallest absolute Gasteiger partial charge is 0.0110 e. The summed E-state index contributed by atoms with van der Waals surface area (Å²) >= 11 is 0. The van der Waals surface area contributed by atoms with E-state index < -0.39 is 0 Å². The third-order valence-electron chi connectivity index (χ3n) is 3.44. The maximum Gasteiger partial charge on any atom is 0.0110 e. The monoisotopic (exact) mass is 210 g/mol. The molecule has 0 nitrogen and oxygen atoms in total. The molecule has 82 valence electrons. The molecule has 0 N–H and O–H groups in total. The summed E-state index contributed by atoms with van der Waals surface area (Å²) in [5.41, 5.74) is 2.77. The lowest BCUT2D eigenvalue weighted by Gasteiger charge is -2.23. The van der Waals surface area contributed by atoms with Crippen LogP contribution in [0, 0.1) is 62.2 Å². The fourth-order valence-corrected chi connectivity index (χ4v) is 2.27. The molecule has 0 aliphatic heterocycles. The number of hydrogen-bond acceptors (Lipinski definition) is 0. The summed E-state index contributed by atoms with van der Waals surface area (Å²) in [7, 11) is 0. The lowest BCUT2D eigenvalue weighted by atomic mass is 9.81. The first kappa shape index (κ1) is 12.2. The Morgan fingerprint density at radius 3 is 1.31 bits per heavy atom. The second kappa shape index (κ2) is 4.94. The van der Waals surface area contributed by atoms with Crippen molar-refractivity contribution >= 4 is 0 Å². The van der Waals surface area contributed by atoms with Gasteiger partial charge in [-0.2, -0.15) is 0 Å². The van der Waals surface area contributed by atoms with E-state index in [2.05, 4.69) is 66.2 Å². The largest absolute Gasteiger partial charge is 0.0658 e. The molecule has 10 radical (unpaired) electrons. The molecule has 2 fully saturated rings. The van der Waals surface area contributed by atoms with E-state index in [9.17, 15) is 0 Å². The molecule has 2 aliphatic rings. The maximum atomic E-state index is 2.21. The lowest BCUT2D eigenvalue weighted by Crippen LogP contribution is -2.09. The molecule has 0 bridgehead atoms. The van der Waals surface area contributed by atoms with Crippen LogP contribution in [0.3, 0.4) is 0 Å². The molecule has 0 saturated heterocycles. The molecule has 0 unspecified atom stereocenters. The minimum absolute atomic E-state index is 1.36. The molecule has 0 aromatic rings. The molecule has 16 heavy (non-hydrogen) atoms. The van der Waals surface area contributed by atoms with Crippen LogP contribution < -0.4 is 0 Å². The fraction of sp³-hybridized carbons (Fsp3) is 0.250. The first-order valence-corrected chi connectivity index (χ1v) is 5.74. The Labute approximate surface area is 102 Å². The normalized spacial score (nSPS) is 27.8. The molecule has 0 spiro atoms. The summed E-state index contributed by atoms with van der Waals surface area (Å²) in [6.07, 6.45) is 13.0. The average Bonchev–Trinajstić information content (AvgIpc) is 2.85. The first-order chi connectivity index (χ1) is 7.61. The molecule has 0 heteroatoms. The van der Waals surface area contributed by atoms with E-state index >= 15 is 0 Å². The van der Waals surface area contributed by atoms with Gasteiger partial charge in [-0.15, -0.1) is 0 Å². The minimum atomic E-state index is 1.36. The average molecular weight is 210 g/mol. The standard InChI is InChI=1S/C16H18/c1-11-7-5-9-15(11)13(3)14(4)16-10-6-8-12(16)2/h5-10H,1-4H3/b14-13+. The van der Waals surface area contributed by atoms with Crippen molar-refractivity contribution in [2.24, 2.45) is 0 Å². The zero-order chi connectivity index (χ0) is 11.7.